The van der Waals surface area contributed by atoms with Crippen LogP contribution in [0.4, 0.5) is 16.3 Å². The first-order valence-electron chi connectivity index (χ1n) is 10.5. The van der Waals surface area contributed by atoms with Crippen LogP contribution in [0.2, 0.25) is 0 Å². The van der Waals surface area contributed by atoms with Gasteiger partial charge in [0.1, 0.15) is 5.82 Å². The summed E-state index contributed by atoms with van der Waals surface area (Å²) >= 11 is 0. The summed E-state index contributed by atoms with van der Waals surface area (Å²) in [7, 11) is 0. The summed E-state index contributed by atoms with van der Waals surface area (Å²) in [6.07, 6.45) is 4.31. The predicted molar refractivity (Wildman–Crippen MR) is 115 cm³/mol. The van der Waals surface area contributed by atoms with Crippen LogP contribution in [0.25, 0.3) is 0 Å². The van der Waals surface area contributed by atoms with Crippen LogP contribution in [-0.4, -0.2) is 51.9 Å². The Balaban J connectivity index is 1.38. The molecule has 158 valence electrons. The van der Waals surface area contributed by atoms with Gasteiger partial charge < -0.3 is 9.80 Å². The number of ketones is 1. The third-order valence-corrected chi connectivity index (χ3v) is 6.05. The van der Waals surface area contributed by atoms with Crippen LogP contribution in [0.1, 0.15) is 39.6 Å². The molecule has 3 aromatic rings. The van der Waals surface area contributed by atoms with Crippen molar-refractivity contribution < 1.29 is 9.18 Å². The first-order valence-corrected chi connectivity index (χ1v) is 10.5. The number of carbonyl (C=O) groups excluding carboxylic acids is 1. The van der Waals surface area contributed by atoms with Gasteiger partial charge in [-0.25, -0.2) is 24.3 Å². The molecule has 1 saturated heterocycles. The van der Waals surface area contributed by atoms with E-state index in [-0.39, 0.29) is 23.9 Å². The Hall–Kier alpha value is -3.42. The molecule has 1 aliphatic carbocycles. The molecule has 7 nitrogen and oxygen atoms in total. The zero-order chi connectivity index (χ0) is 21.4. The van der Waals surface area contributed by atoms with Crippen molar-refractivity contribution in [1.82, 2.24) is 19.9 Å². The highest BCUT2D eigenvalue weighted by molar-refractivity contribution is 5.99. The van der Waals surface area contributed by atoms with E-state index in [1.165, 1.54) is 6.07 Å². The van der Waals surface area contributed by atoms with Gasteiger partial charge in [0, 0.05) is 45.0 Å². The molecular weight excluding hydrogens is 395 g/mol. The predicted octanol–water partition coefficient (Wildman–Crippen LogP) is 2.95. The molecule has 1 aliphatic heterocycles. The van der Waals surface area contributed by atoms with Gasteiger partial charge in [0.2, 0.25) is 11.9 Å². The van der Waals surface area contributed by atoms with Crippen molar-refractivity contribution in [2.45, 2.75) is 25.7 Å². The Morgan fingerprint density at radius 3 is 2.29 bits per heavy atom. The Morgan fingerprint density at radius 2 is 1.58 bits per heavy atom. The first-order chi connectivity index (χ1) is 15.1. The van der Waals surface area contributed by atoms with Gasteiger partial charge >= 0.3 is 0 Å². The molecule has 3 heterocycles. The topological polar surface area (TPSA) is 75.1 Å². The molecule has 0 unspecified atom stereocenters. The number of fused-ring (bicyclic) bond motifs is 1. The molecule has 0 amide bonds. The number of halogens is 1. The maximum Gasteiger partial charge on any atom is 0.225 e. The lowest BCUT2D eigenvalue weighted by Gasteiger charge is -2.35. The number of piperazine rings is 1. The summed E-state index contributed by atoms with van der Waals surface area (Å²) in [5.41, 5.74) is 2.61. The zero-order valence-corrected chi connectivity index (χ0v) is 17.3. The van der Waals surface area contributed by atoms with Gasteiger partial charge in [-0.05, 0) is 37.0 Å². The quantitative estimate of drug-likeness (QED) is 0.647. The maximum absolute atomic E-state index is 14.3. The number of benzene rings is 1. The van der Waals surface area contributed by atoms with E-state index in [9.17, 15) is 9.18 Å². The van der Waals surface area contributed by atoms with Crippen molar-refractivity contribution in [2.24, 2.45) is 0 Å². The van der Waals surface area contributed by atoms with Crippen LogP contribution in [0.5, 0.6) is 0 Å². The van der Waals surface area contributed by atoms with Gasteiger partial charge in [-0.1, -0.05) is 18.2 Å². The number of anilines is 2. The minimum atomic E-state index is -0.269. The average molecular weight is 418 g/mol. The van der Waals surface area contributed by atoms with Crippen molar-refractivity contribution in [3.05, 3.63) is 71.1 Å². The maximum atomic E-state index is 14.3. The molecule has 1 atom stereocenters. The van der Waals surface area contributed by atoms with Crippen molar-refractivity contribution in [2.75, 3.05) is 36.0 Å². The summed E-state index contributed by atoms with van der Waals surface area (Å²) in [4.78, 5) is 35.2. The molecule has 0 bridgehead atoms. The first kappa shape index (κ1) is 19.5. The second kappa shape index (κ2) is 8.02. The number of hydrogen-bond donors (Lipinski definition) is 0. The van der Waals surface area contributed by atoms with Gasteiger partial charge in [0.05, 0.1) is 17.0 Å². The average Bonchev–Trinajstić information content (AvgIpc) is 2.79. The van der Waals surface area contributed by atoms with Gasteiger partial charge in [-0.3, -0.25) is 4.79 Å². The highest BCUT2D eigenvalue weighted by Gasteiger charge is 2.32. The molecule has 0 N–H and O–H groups in total. The summed E-state index contributed by atoms with van der Waals surface area (Å²) < 4.78 is 14.3. The van der Waals surface area contributed by atoms with Crippen molar-refractivity contribution in [3.8, 4) is 0 Å². The molecule has 0 radical (unpaired) electrons. The smallest absolute Gasteiger partial charge is 0.225 e. The minimum absolute atomic E-state index is 0.00963. The van der Waals surface area contributed by atoms with E-state index in [0.717, 1.165) is 37.8 Å². The lowest BCUT2D eigenvalue weighted by molar-refractivity contribution is 0.0961. The number of aryl methyl sites for hydroxylation is 1. The van der Waals surface area contributed by atoms with Crippen molar-refractivity contribution >= 4 is 17.7 Å². The molecule has 0 saturated carbocycles. The van der Waals surface area contributed by atoms with E-state index in [0.29, 0.717) is 29.2 Å². The Labute approximate surface area is 180 Å². The normalized spacial score (nSPS) is 18.8. The lowest BCUT2D eigenvalue weighted by Crippen LogP contribution is -2.48. The van der Waals surface area contributed by atoms with Crippen LogP contribution in [0.3, 0.4) is 0 Å². The molecule has 2 aromatic heterocycles. The molecule has 1 aromatic carbocycles. The third kappa shape index (κ3) is 3.73. The number of aromatic nitrogens is 4. The number of carbonyl (C=O) groups is 1. The fourth-order valence-corrected chi connectivity index (χ4v) is 4.49. The standard InChI is InChI=1S/C23H23FN6O/c1-15-21-19(13-16(14-20(21)31)17-5-2-3-6-18(17)24)28-23(27-15)30-11-9-29(10-12-30)22-25-7-4-8-26-22/h2-8,16H,9-14H2,1H3/t16-/m0/s1. The molecule has 31 heavy (non-hydrogen) atoms. The number of Topliss-reactive ketones (excluding diaryl/α,β-unsaturated/α-hetero) is 1. The molecular formula is C23H23FN6O. The summed E-state index contributed by atoms with van der Waals surface area (Å²) in [5, 5.41) is 0. The van der Waals surface area contributed by atoms with Gasteiger partial charge in [-0.2, -0.15) is 0 Å². The molecule has 8 heteroatoms. The number of nitrogens with zero attached hydrogens (tertiary/aromatic N) is 6. The summed E-state index contributed by atoms with van der Waals surface area (Å²) in [5.74, 6) is 0.879. The second-order valence-electron chi connectivity index (χ2n) is 8.00. The van der Waals surface area contributed by atoms with Gasteiger partial charge in [0.25, 0.3) is 0 Å². The fourth-order valence-electron chi connectivity index (χ4n) is 4.49. The monoisotopic (exact) mass is 418 g/mol. The van der Waals surface area contributed by atoms with E-state index in [1.807, 2.05) is 13.0 Å². The van der Waals surface area contributed by atoms with Crippen molar-refractivity contribution in [3.63, 3.8) is 0 Å². The molecule has 2 aliphatic rings. The molecule has 5 rings (SSSR count). The van der Waals surface area contributed by atoms with E-state index < -0.39 is 0 Å². The van der Waals surface area contributed by atoms with Crippen LogP contribution >= 0.6 is 0 Å². The van der Waals surface area contributed by atoms with Crippen LogP contribution in [0, 0.1) is 12.7 Å². The number of hydrogen-bond acceptors (Lipinski definition) is 7. The Kier molecular flexibility index (Phi) is 5.05. The van der Waals surface area contributed by atoms with Gasteiger partial charge in [-0.15, -0.1) is 0 Å². The zero-order valence-electron chi connectivity index (χ0n) is 17.3. The summed E-state index contributed by atoms with van der Waals surface area (Å²) in [6, 6.07) is 8.49. The fraction of sp³-hybridized carbons (Fsp3) is 0.348. The van der Waals surface area contributed by atoms with E-state index >= 15 is 0 Å². The number of rotatable bonds is 3. The third-order valence-electron chi connectivity index (χ3n) is 6.05. The summed E-state index contributed by atoms with van der Waals surface area (Å²) in [6.45, 7) is 4.86. The Morgan fingerprint density at radius 1 is 0.903 bits per heavy atom. The van der Waals surface area contributed by atoms with Crippen LogP contribution < -0.4 is 9.80 Å². The molecule has 0 spiro atoms. The minimum Gasteiger partial charge on any atom is -0.337 e. The highest BCUT2D eigenvalue weighted by atomic mass is 19.1. The SMILES string of the molecule is Cc1nc(N2CCN(c3ncccn3)CC2)nc2c1C(=O)C[C@@H](c1ccccc1F)C2. The van der Waals surface area contributed by atoms with Crippen LogP contribution in [0.15, 0.2) is 42.7 Å². The molecule has 1 fully saturated rings. The van der Waals surface area contributed by atoms with Crippen molar-refractivity contribution in [1.29, 1.82) is 0 Å². The highest BCUT2D eigenvalue weighted by Crippen LogP contribution is 2.34. The van der Waals surface area contributed by atoms with E-state index in [1.54, 1.807) is 30.6 Å². The van der Waals surface area contributed by atoms with E-state index in [4.69, 9.17) is 4.98 Å². The largest absolute Gasteiger partial charge is 0.337 e. The van der Waals surface area contributed by atoms with E-state index in [2.05, 4.69) is 24.8 Å². The van der Waals surface area contributed by atoms with Gasteiger partial charge in [0.15, 0.2) is 5.78 Å². The Bertz CT molecular complexity index is 1110. The lowest BCUT2D eigenvalue weighted by atomic mass is 9.81. The second-order valence-corrected chi connectivity index (χ2v) is 8.00. The van der Waals surface area contributed by atoms with Crippen LogP contribution in [-0.2, 0) is 6.42 Å².